The largest absolute Gasteiger partial charge is 0.332 e. The van der Waals surface area contributed by atoms with Crippen LogP contribution in [0.3, 0.4) is 0 Å². The van der Waals surface area contributed by atoms with Gasteiger partial charge in [-0.15, -0.1) is 0 Å². The third-order valence-corrected chi connectivity index (χ3v) is 9.09. The zero-order valence-electron chi connectivity index (χ0n) is 19.6. The normalized spacial score (nSPS) is 29.6. The van der Waals surface area contributed by atoms with Gasteiger partial charge in [0.2, 0.25) is 5.91 Å². The number of carbonyl (C=O) groups is 1. The van der Waals surface area contributed by atoms with E-state index in [1.807, 2.05) is 0 Å². The fourth-order valence-corrected chi connectivity index (χ4v) is 7.83. The Kier molecular flexibility index (Phi) is 4.07. The Morgan fingerprint density at radius 3 is 2.24 bits per heavy atom. The molecule has 3 heterocycles. The van der Waals surface area contributed by atoms with Crippen molar-refractivity contribution in [1.82, 2.24) is 19.2 Å². The minimum absolute atomic E-state index is 0.0874. The van der Waals surface area contributed by atoms with E-state index in [-0.39, 0.29) is 5.41 Å². The summed E-state index contributed by atoms with van der Waals surface area (Å²) in [6.45, 7) is 5.61. The molecule has 0 unspecified atom stereocenters. The lowest BCUT2D eigenvalue weighted by Crippen LogP contribution is -2.53. The van der Waals surface area contributed by atoms with Crippen LogP contribution in [0.25, 0.3) is 11.5 Å². The molecule has 1 aromatic carbocycles. The lowest BCUT2D eigenvalue weighted by atomic mass is 9.49. The molecule has 5 aliphatic rings. The summed E-state index contributed by atoms with van der Waals surface area (Å²) in [5, 5.41) is 5.07. The van der Waals surface area contributed by atoms with Crippen molar-refractivity contribution in [3.05, 3.63) is 65.1 Å². The third kappa shape index (κ3) is 2.90. The second-order valence-corrected chi connectivity index (χ2v) is 11.4. The number of hydrogen-bond acceptors (Lipinski definition) is 2. The quantitative estimate of drug-likeness (QED) is 0.552. The van der Waals surface area contributed by atoms with E-state index in [0.717, 1.165) is 54.2 Å². The second kappa shape index (κ2) is 6.85. The summed E-state index contributed by atoms with van der Waals surface area (Å²) in [5.74, 6) is 3.84. The highest BCUT2D eigenvalue weighted by atomic mass is 16.2. The highest BCUT2D eigenvalue weighted by Crippen LogP contribution is 2.60. The first kappa shape index (κ1) is 19.6. The van der Waals surface area contributed by atoms with Crippen LogP contribution < -0.4 is 0 Å². The van der Waals surface area contributed by atoms with Crippen molar-refractivity contribution in [2.75, 3.05) is 0 Å². The van der Waals surface area contributed by atoms with Crippen LogP contribution in [0.2, 0.25) is 0 Å². The first-order chi connectivity index (χ1) is 16.0. The molecule has 2 aromatic heterocycles. The van der Waals surface area contributed by atoms with Crippen molar-refractivity contribution < 1.29 is 4.79 Å². The zero-order chi connectivity index (χ0) is 22.3. The molecule has 0 atom stereocenters. The first-order valence-corrected chi connectivity index (χ1v) is 12.6. The molecule has 4 saturated carbocycles. The predicted molar refractivity (Wildman–Crippen MR) is 127 cm³/mol. The van der Waals surface area contributed by atoms with E-state index in [1.165, 1.54) is 36.0 Å². The van der Waals surface area contributed by atoms with Crippen molar-refractivity contribution >= 4 is 5.91 Å². The Hall–Kier alpha value is -2.82. The van der Waals surface area contributed by atoms with Crippen LogP contribution in [-0.4, -0.2) is 25.2 Å². The average molecular weight is 441 g/mol. The van der Waals surface area contributed by atoms with Gasteiger partial charge in [-0.2, -0.15) is 5.10 Å². The lowest BCUT2D eigenvalue weighted by Gasteiger charge is -2.56. The van der Waals surface area contributed by atoms with Crippen LogP contribution >= 0.6 is 0 Å². The number of benzene rings is 1. The molecule has 0 N–H and O–H groups in total. The van der Waals surface area contributed by atoms with Gasteiger partial charge in [0.05, 0.1) is 29.9 Å². The molecule has 0 spiro atoms. The van der Waals surface area contributed by atoms with Crippen molar-refractivity contribution in [3.63, 3.8) is 0 Å². The SMILES string of the molecule is Cc1ccc(-n2nc3c(c2-n2cccc2)CN(C(=O)C24CC5CC(CC(C5)C2)C4)C3)cc1C. The summed E-state index contributed by atoms with van der Waals surface area (Å²) in [7, 11) is 0. The molecule has 0 saturated heterocycles. The van der Waals surface area contributed by atoms with Gasteiger partial charge in [-0.25, -0.2) is 4.68 Å². The van der Waals surface area contributed by atoms with Gasteiger partial charge in [-0.1, -0.05) is 6.07 Å². The molecule has 3 aromatic rings. The number of aromatic nitrogens is 3. The summed E-state index contributed by atoms with van der Waals surface area (Å²) >= 11 is 0. The van der Waals surface area contributed by atoms with Crippen molar-refractivity contribution in [1.29, 1.82) is 0 Å². The molecule has 4 fully saturated rings. The fourth-order valence-electron chi connectivity index (χ4n) is 7.83. The predicted octanol–water partition coefficient (Wildman–Crippen LogP) is 5.34. The van der Waals surface area contributed by atoms with Gasteiger partial charge < -0.3 is 9.47 Å². The zero-order valence-corrected chi connectivity index (χ0v) is 19.6. The Labute approximate surface area is 195 Å². The summed E-state index contributed by atoms with van der Waals surface area (Å²) in [6, 6.07) is 10.6. The van der Waals surface area contributed by atoms with E-state index >= 15 is 0 Å². The lowest BCUT2D eigenvalue weighted by molar-refractivity contribution is -0.158. The maximum Gasteiger partial charge on any atom is 0.229 e. The first-order valence-electron chi connectivity index (χ1n) is 12.6. The standard InChI is InChI=1S/C28H32N4O/c1-18-5-6-23(9-19(18)2)32-26(30-7-3-4-8-30)24-16-31(17-25(24)29-32)27(33)28-13-20-10-21(14-28)12-22(11-20)15-28/h3-9,20-22H,10-17H2,1-2H3. The van der Waals surface area contributed by atoms with Crippen LogP contribution in [0.1, 0.15) is 60.9 Å². The maximum atomic E-state index is 14.0. The highest BCUT2D eigenvalue weighted by molar-refractivity contribution is 5.84. The summed E-state index contributed by atoms with van der Waals surface area (Å²) in [6.07, 6.45) is 11.6. The maximum absolute atomic E-state index is 14.0. The van der Waals surface area contributed by atoms with Gasteiger partial charge in [0.1, 0.15) is 5.82 Å². The molecule has 33 heavy (non-hydrogen) atoms. The van der Waals surface area contributed by atoms with Gasteiger partial charge in [-0.3, -0.25) is 4.79 Å². The van der Waals surface area contributed by atoms with Crippen molar-refractivity contribution in [3.8, 4) is 11.5 Å². The molecule has 0 radical (unpaired) electrons. The fraction of sp³-hybridized carbons (Fsp3) is 0.500. The smallest absolute Gasteiger partial charge is 0.229 e. The third-order valence-electron chi connectivity index (χ3n) is 9.09. The highest BCUT2D eigenvalue weighted by Gasteiger charge is 2.56. The molecule has 5 nitrogen and oxygen atoms in total. The van der Waals surface area contributed by atoms with Gasteiger partial charge in [-0.05, 0) is 106 Å². The van der Waals surface area contributed by atoms with Crippen LogP contribution in [0, 0.1) is 37.0 Å². The number of carbonyl (C=O) groups excluding carboxylic acids is 1. The summed E-state index contributed by atoms with van der Waals surface area (Å²) in [5.41, 5.74) is 5.79. The van der Waals surface area contributed by atoms with Crippen molar-refractivity contribution in [2.45, 2.75) is 65.5 Å². The summed E-state index contributed by atoms with van der Waals surface area (Å²) in [4.78, 5) is 16.1. The molecule has 5 heteroatoms. The monoisotopic (exact) mass is 440 g/mol. The van der Waals surface area contributed by atoms with Crippen LogP contribution in [0.4, 0.5) is 0 Å². The Balaban J connectivity index is 1.25. The molecule has 8 rings (SSSR count). The van der Waals surface area contributed by atoms with Gasteiger partial charge in [0.25, 0.3) is 0 Å². The molecule has 4 bridgehead atoms. The van der Waals surface area contributed by atoms with Gasteiger partial charge >= 0.3 is 0 Å². The van der Waals surface area contributed by atoms with Crippen molar-refractivity contribution in [2.24, 2.45) is 23.2 Å². The molecular formula is C28H32N4O. The van der Waals surface area contributed by atoms with Crippen LogP contribution in [0.5, 0.6) is 0 Å². The Morgan fingerprint density at radius 1 is 0.939 bits per heavy atom. The number of hydrogen-bond donors (Lipinski definition) is 0. The number of amides is 1. The van der Waals surface area contributed by atoms with E-state index in [4.69, 9.17) is 5.10 Å². The molecular weight excluding hydrogens is 408 g/mol. The number of aryl methyl sites for hydroxylation is 2. The molecule has 1 aliphatic heterocycles. The Bertz CT molecular complexity index is 1220. The Morgan fingerprint density at radius 2 is 1.61 bits per heavy atom. The number of rotatable bonds is 3. The number of nitrogens with zero attached hydrogens (tertiary/aromatic N) is 4. The van der Waals surface area contributed by atoms with E-state index in [1.54, 1.807) is 0 Å². The average Bonchev–Trinajstić information content (AvgIpc) is 3.50. The molecule has 170 valence electrons. The second-order valence-electron chi connectivity index (χ2n) is 11.4. The minimum Gasteiger partial charge on any atom is -0.332 e. The topological polar surface area (TPSA) is 43.1 Å². The van der Waals surface area contributed by atoms with Crippen LogP contribution in [-0.2, 0) is 17.9 Å². The molecule has 1 amide bonds. The summed E-state index contributed by atoms with van der Waals surface area (Å²) < 4.78 is 4.23. The van der Waals surface area contributed by atoms with E-state index < -0.39 is 0 Å². The van der Waals surface area contributed by atoms with E-state index in [9.17, 15) is 4.79 Å². The number of fused-ring (bicyclic) bond motifs is 1. The molecule has 4 aliphatic carbocycles. The minimum atomic E-state index is -0.0874. The van der Waals surface area contributed by atoms with Gasteiger partial charge in [0, 0.05) is 18.0 Å². The van der Waals surface area contributed by atoms with Gasteiger partial charge in [0.15, 0.2) is 0 Å². The van der Waals surface area contributed by atoms with Crippen LogP contribution in [0.15, 0.2) is 42.7 Å². The van der Waals surface area contributed by atoms with E-state index in [2.05, 4.69) is 70.7 Å². The van der Waals surface area contributed by atoms with E-state index in [0.29, 0.717) is 19.0 Å².